The van der Waals surface area contributed by atoms with Gasteiger partial charge in [-0.3, -0.25) is 14.9 Å². The van der Waals surface area contributed by atoms with Crippen LogP contribution in [0.5, 0.6) is 0 Å². The number of hydrazone groups is 1. The average Bonchev–Trinajstić information content (AvgIpc) is 3.26. The number of nitro benzene ring substituents is 1. The first-order valence-corrected chi connectivity index (χ1v) is 10.4. The van der Waals surface area contributed by atoms with Crippen molar-refractivity contribution < 1.29 is 31.7 Å². The van der Waals surface area contributed by atoms with Crippen LogP contribution in [0.25, 0.3) is 11.8 Å². The summed E-state index contributed by atoms with van der Waals surface area (Å²) in [6, 6.07) is 6.08. The van der Waals surface area contributed by atoms with E-state index in [2.05, 4.69) is 5.10 Å². The SMILES string of the molecule is CC1=NN(c2c(F)c(F)c(F)c(F)c2F)C(=O)/C1=C/c1cc(C)n(-c2ccc([N+](=O)[O-])cc2C)c1C. The first kappa shape index (κ1) is 24.8. The number of carbonyl (C=O) groups excluding carboxylic acids is 1. The summed E-state index contributed by atoms with van der Waals surface area (Å²) >= 11 is 0. The van der Waals surface area contributed by atoms with Crippen LogP contribution in [0.3, 0.4) is 0 Å². The Labute approximate surface area is 200 Å². The lowest BCUT2D eigenvalue weighted by Crippen LogP contribution is -2.25. The summed E-state index contributed by atoms with van der Waals surface area (Å²) in [6.07, 6.45) is 1.40. The van der Waals surface area contributed by atoms with Gasteiger partial charge in [0.2, 0.25) is 5.82 Å². The van der Waals surface area contributed by atoms with Gasteiger partial charge in [-0.05, 0) is 57.0 Å². The van der Waals surface area contributed by atoms with Crippen LogP contribution < -0.4 is 5.01 Å². The van der Waals surface area contributed by atoms with E-state index in [1.807, 2.05) is 0 Å². The molecule has 1 amide bonds. The maximum absolute atomic E-state index is 14.3. The monoisotopic (exact) mass is 504 g/mol. The highest BCUT2D eigenvalue weighted by Crippen LogP contribution is 2.35. The number of hydrogen-bond donors (Lipinski definition) is 0. The number of hydrogen-bond acceptors (Lipinski definition) is 4. The molecule has 0 spiro atoms. The summed E-state index contributed by atoms with van der Waals surface area (Å²) in [6.45, 7) is 6.57. The van der Waals surface area contributed by atoms with Crippen LogP contribution in [-0.2, 0) is 4.79 Å². The van der Waals surface area contributed by atoms with Crippen LogP contribution in [0, 0.1) is 60.0 Å². The number of nitro groups is 1. The zero-order valence-electron chi connectivity index (χ0n) is 19.3. The normalized spacial score (nSPS) is 14.7. The van der Waals surface area contributed by atoms with E-state index in [-0.39, 0.29) is 22.0 Å². The van der Waals surface area contributed by atoms with Gasteiger partial charge in [0.05, 0.1) is 16.2 Å². The van der Waals surface area contributed by atoms with Crippen molar-refractivity contribution in [2.45, 2.75) is 27.7 Å². The van der Waals surface area contributed by atoms with E-state index in [0.717, 1.165) is 0 Å². The molecule has 1 aliphatic heterocycles. The number of nitrogens with zero attached hydrogens (tertiary/aromatic N) is 4. The summed E-state index contributed by atoms with van der Waals surface area (Å²) < 4.78 is 71.2. The molecule has 0 saturated heterocycles. The fourth-order valence-corrected chi connectivity index (χ4v) is 4.08. The third-order valence-corrected chi connectivity index (χ3v) is 5.86. The van der Waals surface area contributed by atoms with E-state index < -0.39 is 45.6 Å². The molecule has 0 bridgehead atoms. The minimum absolute atomic E-state index is 0.000242. The average molecular weight is 504 g/mol. The third-order valence-electron chi connectivity index (χ3n) is 5.86. The number of non-ortho nitro benzene ring substituents is 1. The molecule has 186 valence electrons. The van der Waals surface area contributed by atoms with Gasteiger partial charge in [-0.1, -0.05) is 0 Å². The van der Waals surface area contributed by atoms with Crippen molar-refractivity contribution in [2.75, 3.05) is 5.01 Å². The van der Waals surface area contributed by atoms with Gasteiger partial charge in [0, 0.05) is 29.2 Å². The smallest absolute Gasteiger partial charge is 0.280 e. The number of amides is 1. The Balaban J connectivity index is 1.78. The van der Waals surface area contributed by atoms with Crippen LogP contribution in [0.1, 0.15) is 29.4 Å². The maximum atomic E-state index is 14.3. The molecular formula is C24H17F5N4O3. The first-order chi connectivity index (χ1) is 16.8. The topological polar surface area (TPSA) is 80.7 Å². The maximum Gasteiger partial charge on any atom is 0.280 e. The van der Waals surface area contributed by atoms with Gasteiger partial charge >= 0.3 is 0 Å². The fourth-order valence-electron chi connectivity index (χ4n) is 4.08. The van der Waals surface area contributed by atoms with Crippen molar-refractivity contribution in [2.24, 2.45) is 5.10 Å². The number of carbonyl (C=O) groups is 1. The Morgan fingerprint density at radius 3 is 2.06 bits per heavy atom. The number of aromatic nitrogens is 1. The zero-order chi connectivity index (χ0) is 26.6. The molecule has 0 unspecified atom stereocenters. The molecule has 12 heteroatoms. The predicted octanol–water partition coefficient (Wildman–Crippen LogP) is 5.81. The van der Waals surface area contributed by atoms with Gasteiger partial charge in [0.25, 0.3) is 11.6 Å². The van der Waals surface area contributed by atoms with E-state index in [9.17, 15) is 36.9 Å². The Morgan fingerprint density at radius 2 is 1.50 bits per heavy atom. The molecule has 2 heterocycles. The van der Waals surface area contributed by atoms with Crippen LogP contribution >= 0.6 is 0 Å². The molecule has 2 aromatic carbocycles. The molecule has 1 aliphatic rings. The summed E-state index contributed by atoms with van der Waals surface area (Å²) in [5.41, 5.74) is 1.50. The summed E-state index contributed by atoms with van der Waals surface area (Å²) in [5.74, 6) is -12.2. The molecule has 36 heavy (non-hydrogen) atoms. The summed E-state index contributed by atoms with van der Waals surface area (Å²) in [5, 5.41) is 14.9. The van der Waals surface area contributed by atoms with Crippen molar-refractivity contribution in [1.82, 2.24) is 4.57 Å². The van der Waals surface area contributed by atoms with E-state index in [4.69, 9.17) is 0 Å². The second-order valence-corrected chi connectivity index (χ2v) is 8.17. The fraction of sp³-hybridized carbons (Fsp3) is 0.167. The van der Waals surface area contributed by atoms with Crippen molar-refractivity contribution >= 4 is 29.1 Å². The van der Waals surface area contributed by atoms with Crippen LogP contribution in [0.4, 0.5) is 33.3 Å². The van der Waals surface area contributed by atoms with E-state index in [0.29, 0.717) is 28.2 Å². The second-order valence-electron chi connectivity index (χ2n) is 8.17. The highest BCUT2D eigenvalue weighted by Gasteiger charge is 2.37. The molecule has 0 fully saturated rings. The van der Waals surface area contributed by atoms with Gasteiger partial charge in [0.15, 0.2) is 23.3 Å². The molecule has 0 atom stereocenters. The Morgan fingerprint density at radius 1 is 0.917 bits per heavy atom. The lowest BCUT2D eigenvalue weighted by molar-refractivity contribution is -0.384. The largest absolute Gasteiger partial charge is 0.318 e. The van der Waals surface area contributed by atoms with Crippen LogP contribution in [0.2, 0.25) is 0 Å². The van der Waals surface area contributed by atoms with E-state index in [1.165, 1.54) is 25.1 Å². The second kappa shape index (κ2) is 8.70. The van der Waals surface area contributed by atoms with Gasteiger partial charge in [-0.25, -0.2) is 22.0 Å². The summed E-state index contributed by atoms with van der Waals surface area (Å²) in [4.78, 5) is 23.5. The Hall–Kier alpha value is -4.35. The number of aryl methyl sites for hydroxylation is 2. The number of halogens is 5. The molecule has 4 rings (SSSR count). The van der Waals surface area contributed by atoms with Crippen LogP contribution in [0.15, 0.2) is 34.9 Å². The lowest BCUT2D eigenvalue weighted by Gasteiger charge is -2.15. The van der Waals surface area contributed by atoms with Gasteiger partial charge in [-0.2, -0.15) is 10.1 Å². The first-order valence-electron chi connectivity index (χ1n) is 10.4. The van der Waals surface area contributed by atoms with Gasteiger partial charge in [0.1, 0.15) is 5.69 Å². The quantitative estimate of drug-likeness (QED) is 0.112. The van der Waals surface area contributed by atoms with Crippen molar-refractivity contribution in [3.05, 3.63) is 91.6 Å². The standard InChI is InChI=1S/C24H17F5N4O3/c1-10-7-15(33(35)36)5-6-17(10)31-11(2)8-14(13(31)4)9-16-12(3)30-32(24(16)34)23-21(28)19(26)18(25)20(27)22(23)29/h5-9H,1-4H3/b16-9+. The Kier molecular flexibility index (Phi) is 5.99. The number of benzene rings is 2. The van der Waals surface area contributed by atoms with E-state index >= 15 is 0 Å². The number of rotatable bonds is 4. The molecule has 0 N–H and O–H groups in total. The van der Waals surface area contributed by atoms with Gasteiger partial charge in [-0.15, -0.1) is 0 Å². The molecule has 1 aromatic heterocycles. The highest BCUT2D eigenvalue weighted by atomic mass is 19.2. The minimum atomic E-state index is -2.34. The molecule has 3 aromatic rings. The molecule has 0 radical (unpaired) electrons. The van der Waals surface area contributed by atoms with E-state index in [1.54, 1.807) is 37.5 Å². The Bertz CT molecular complexity index is 1510. The van der Waals surface area contributed by atoms with Crippen molar-refractivity contribution in [1.29, 1.82) is 0 Å². The highest BCUT2D eigenvalue weighted by molar-refractivity contribution is 6.32. The molecule has 7 nitrogen and oxygen atoms in total. The predicted molar refractivity (Wildman–Crippen MR) is 121 cm³/mol. The molecular weight excluding hydrogens is 487 g/mol. The van der Waals surface area contributed by atoms with Gasteiger partial charge < -0.3 is 4.57 Å². The molecule has 0 aliphatic carbocycles. The molecule has 0 saturated carbocycles. The summed E-state index contributed by atoms with van der Waals surface area (Å²) in [7, 11) is 0. The zero-order valence-corrected chi connectivity index (χ0v) is 19.3. The van der Waals surface area contributed by atoms with Crippen molar-refractivity contribution in [3.63, 3.8) is 0 Å². The van der Waals surface area contributed by atoms with Crippen LogP contribution in [-0.4, -0.2) is 21.1 Å². The minimum Gasteiger partial charge on any atom is -0.318 e. The van der Waals surface area contributed by atoms with Crippen molar-refractivity contribution in [3.8, 4) is 5.69 Å². The number of anilines is 1. The third kappa shape index (κ3) is 3.74. The lowest BCUT2D eigenvalue weighted by atomic mass is 10.1.